The molecule has 0 aliphatic carbocycles. The quantitative estimate of drug-likeness (QED) is 0.805. The van der Waals surface area contributed by atoms with E-state index >= 15 is 0 Å². The van der Waals surface area contributed by atoms with Crippen molar-refractivity contribution < 1.29 is 18.0 Å². The van der Waals surface area contributed by atoms with E-state index in [0.717, 1.165) is 5.56 Å². The molecule has 7 heteroatoms. The maximum absolute atomic E-state index is 12.7. The molecule has 2 aliphatic heterocycles. The Hall–Kier alpha value is -1.73. The summed E-state index contributed by atoms with van der Waals surface area (Å²) in [6, 6.07) is 6.83. The van der Waals surface area contributed by atoms with E-state index in [1.165, 1.54) is 4.31 Å². The molecule has 112 valence electrons. The second-order valence-corrected chi connectivity index (χ2v) is 7.26. The van der Waals surface area contributed by atoms with Crippen LogP contribution in [0.5, 0.6) is 0 Å². The lowest BCUT2D eigenvalue weighted by Gasteiger charge is -2.19. The molecule has 2 aliphatic rings. The number of imide groups is 1. The predicted molar refractivity (Wildman–Crippen MR) is 74.7 cm³/mol. The van der Waals surface area contributed by atoms with Gasteiger partial charge in [-0.3, -0.25) is 14.9 Å². The van der Waals surface area contributed by atoms with Crippen molar-refractivity contribution in [2.24, 2.45) is 11.8 Å². The molecule has 2 fully saturated rings. The number of carbonyl (C=O) groups excluding carboxylic acids is 2. The number of hydrogen-bond donors (Lipinski definition) is 1. The molecule has 2 heterocycles. The lowest BCUT2D eigenvalue weighted by molar-refractivity contribution is -0.126. The average Bonchev–Trinajstić information content (AvgIpc) is 3.02. The third-order valence-corrected chi connectivity index (χ3v) is 6.11. The Morgan fingerprint density at radius 3 is 2.29 bits per heavy atom. The van der Waals surface area contributed by atoms with E-state index in [4.69, 9.17) is 0 Å². The fraction of sp³-hybridized carbons (Fsp3) is 0.429. The van der Waals surface area contributed by atoms with Crippen LogP contribution in [-0.4, -0.2) is 37.6 Å². The number of carbonyl (C=O) groups is 2. The standard InChI is InChI=1S/C14H16N2O4S/c1-2-9-5-3-4-6-12(9)21(19,20)16-7-10-11(8-16)14(18)15-13(10)17/h3-6,10-11H,2,7-8H2,1H3,(H,15,17,18)/t10-,11+. The van der Waals surface area contributed by atoms with Crippen molar-refractivity contribution in [1.82, 2.24) is 9.62 Å². The van der Waals surface area contributed by atoms with Gasteiger partial charge in [0.1, 0.15) is 0 Å². The molecule has 2 amide bonds. The number of benzene rings is 1. The lowest BCUT2D eigenvalue weighted by Crippen LogP contribution is -2.35. The van der Waals surface area contributed by atoms with Crippen LogP contribution in [0, 0.1) is 11.8 Å². The molecule has 6 nitrogen and oxygen atoms in total. The van der Waals surface area contributed by atoms with Gasteiger partial charge in [0.25, 0.3) is 0 Å². The first-order chi connectivity index (χ1) is 9.95. The highest BCUT2D eigenvalue weighted by Crippen LogP contribution is 2.33. The smallest absolute Gasteiger partial charge is 0.243 e. The van der Waals surface area contributed by atoms with E-state index in [2.05, 4.69) is 5.32 Å². The zero-order chi connectivity index (χ0) is 15.2. The molecule has 1 aromatic rings. The van der Waals surface area contributed by atoms with Crippen LogP contribution in [0.4, 0.5) is 0 Å². The minimum atomic E-state index is -3.67. The molecule has 0 unspecified atom stereocenters. The van der Waals surface area contributed by atoms with Crippen LogP contribution in [0.1, 0.15) is 12.5 Å². The Kier molecular flexibility index (Phi) is 3.33. The molecule has 0 bridgehead atoms. The second kappa shape index (κ2) is 4.92. The molecule has 0 radical (unpaired) electrons. The van der Waals surface area contributed by atoms with E-state index in [9.17, 15) is 18.0 Å². The molecular formula is C14H16N2O4S. The van der Waals surface area contributed by atoms with Crippen molar-refractivity contribution in [1.29, 1.82) is 0 Å². The first-order valence-corrected chi connectivity index (χ1v) is 8.32. The van der Waals surface area contributed by atoms with Crippen LogP contribution in [0.2, 0.25) is 0 Å². The molecule has 0 aromatic heterocycles. The van der Waals surface area contributed by atoms with Crippen molar-refractivity contribution in [3.8, 4) is 0 Å². The van der Waals surface area contributed by atoms with Gasteiger partial charge in [-0.05, 0) is 18.1 Å². The van der Waals surface area contributed by atoms with Gasteiger partial charge in [0, 0.05) is 13.1 Å². The van der Waals surface area contributed by atoms with Gasteiger partial charge < -0.3 is 0 Å². The summed E-state index contributed by atoms with van der Waals surface area (Å²) < 4.78 is 26.7. The minimum absolute atomic E-state index is 0.0720. The Labute approximate surface area is 123 Å². The van der Waals surface area contributed by atoms with Gasteiger partial charge in [-0.25, -0.2) is 8.42 Å². The van der Waals surface area contributed by atoms with Crippen LogP contribution in [-0.2, 0) is 26.0 Å². The second-order valence-electron chi connectivity index (χ2n) is 5.35. The van der Waals surface area contributed by atoms with Gasteiger partial charge in [0.05, 0.1) is 16.7 Å². The first kappa shape index (κ1) is 14.2. The number of nitrogens with one attached hydrogen (secondary N) is 1. The van der Waals surface area contributed by atoms with Crippen molar-refractivity contribution in [3.63, 3.8) is 0 Å². The van der Waals surface area contributed by atoms with E-state index in [1.807, 2.05) is 6.92 Å². The number of rotatable bonds is 3. The summed E-state index contributed by atoms with van der Waals surface area (Å²) in [5, 5.41) is 2.25. The number of hydrogen-bond acceptors (Lipinski definition) is 4. The van der Waals surface area contributed by atoms with Crippen molar-refractivity contribution in [3.05, 3.63) is 29.8 Å². The largest absolute Gasteiger partial charge is 0.296 e. The summed E-state index contributed by atoms with van der Waals surface area (Å²) in [5.41, 5.74) is 0.741. The van der Waals surface area contributed by atoms with Crippen LogP contribution >= 0.6 is 0 Å². The number of sulfonamides is 1. The molecule has 2 atom stereocenters. The predicted octanol–water partition coefficient (Wildman–Crippen LogP) is 0.142. The van der Waals surface area contributed by atoms with Crippen molar-refractivity contribution in [2.75, 3.05) is 13.1 Å². The number of fused-ring (bicyclic) bond motifs is 1. The lowest BCUT2D eigenvalue weighted by atomic mass is 10.00. The zero-order valence-electron chi connectivity index (χ0n) is 11.6. The van der Waals surface area contributed by atoms with Gasteiger partial charge >= 0.3 is 0 Å². The Morgan fingerprint density at radius 1 is 1.14 bits per heavy atom. The minimum Gasteiger partial charge on any atom is -0.296 e. The Balaban J connectivity index is 1.94. The van der Waals surface area contributed by atoms with Crippen LogP contribution in [0.3, 0.4) is 0 Å². The third kappa shape index (κ3) is 2.16. The van der Waals surface area contributed by atoms with E-state index in [-0.39, 0.29) is 29.8 Å². The van der Waals surface area contributed by atoms with Crippen molar-refractivity contribution in [2.45, 2.75) is 18.2 Å². The van der Waals surface area contributed by atoms with Gasteiger partial charge in [-0.15, -0.1) is 0 Å². The average molecular weight is 308 g/mol. The molecule has 0 spiro atoms. The van der Waals surface area contributed by atoms with Gasteiger partial charge in [0.2, 0.25) is 21.8 Å². The summed E-state index contributed by atoms with van der Waals surface area (Å²) in [7, 11) is -3.67. The monoisotopic (exact) mass is 308 g/mol. The summed E-state index contributed by atoms with van der Waals surface area (Å²) in [6.07, 6.45) is 0.607. The number of aryl methyl sites for hydroxylation is 1. The van der Waals surface area contributed by atoms with Gasteiger partial charge in [0.15, 0.2) is 0 Å². The molecule has 2 saturated heterocycles. The van der Waals surface area contributed by atoms with Crippen molar-refractivity contribution >= 4 is 21.8 Å². The summed E-state index contributed by atoms with van der Waals surface area (Å²) >= 11 is 0. The summed E-state index contributed by atoms with van der Waals surface area (Å²) in [4.78, 5) is 23.6. The highest BCUT2D eigenvalue weighted by Gasteiger charge is 2.50. The maximum atomic E-state index is 12.7. The number of nitrogens with zero attached hydrogens (tertiary/aromatic N) is 1. The SMILES string of the molecule is CCc1ccccc1S(=O)(=O)N1C[C@@H]2C(=O)NC(=O)[C@@H]2C1. The fourth-order valence-electron chi connectivity index (χ4n) is 2.99. The highest BCUT2D eigenvalue weighted by atomic mass is 32.2. The normalized spacial score (nSPS) is 26.0. The maximum Gasteiger partial charge on any atom is 0.243 e. The molecule has 1 aromatic carbocycles. The van der Waals surface area contributed by atoms with E-state index in [1.54, 1.807) is 24.3 Å². The van der Waals surface area contributed by atoms with Gasteiger partial charge in [-0.2, -0.15) is 4.31 Å². The fourth-order valence-corrected chi connectivity index (χ4v) is 4.77. The molecule has 1 N–H and O–H groups in total. The Bertz CT molecular complexity index is 691. The number of amides is 2. The van der Waals surface area contributed by atoms with Crippen LogP contribution in [0.25, 0.3) is 0 Å². The highest BCUT2D eigenvalue weighted by molar-refractivity contribution is 7.89. The van der Waals surface area contributed by atoms with Gasteiger partial charge in [-0.1, -0.05) is 25.1 Å². The Morgan fingerprint density at radius 2 is 1.71 bits per heavy atom. The summed E-state index contributed by atoms with van der Waals surface area (Å²) in [5.74, 6) is -1.85. The molecular weight excluding hydrogens is 292 g/mol. The molecule has 21 heavy (non-hydrogen) atoms. The summed E-state index contributed by atoms with van der Waals surface area (Å²) in [6.45, 7) is 2.04. The topological polar surface area (TPSA) is 83.6 Å². The first-order valence-electron chi connectivity index (χ1n) is 6.88. The van der Waals surface area contributed by atoms with Crippen LogP contribution < -0.4 is 5.32 Å². The van der Waals surface area contributed by atoms with Crippen LogP contribution in [0.15, 0.2) is 29.2 Å². The molecule has 0 saturated carbocycles. The van der Waals surface area contributed by atoms with E-state index < -0.39 is 21.9 Å². The third-order valence-electron chi connectivity index (χ3n) is 4.18. The van der Waals surface area contributed by atoms with E-state index in [0.29, 0.717) is 6.42 Å². The zero-order valence-corrected chi connectivity index (χ0v) is 12.4. The molecule has 3 rings (SSSR count).